The molecule has 1 fully saturated rings. The molecule has 5 rings (SSSR count). The summed E-state index contributed by atoms with van der Waals surface area (Å²) < 4.78 is 5.50. The molecule has 0 spiro atoms. The first-order valence-corrected chi connectivity index (χ1v) is 14.1. The van der Waals surface area contributed by atoms with E-state index in [9.17, 15) is 9.90 Å². The number of aromatic nitrogens is 2. The molecule has 40 heavy (non-hydrogen) atoms. The number of fused-ring (bicyclic) bond motifs is 1. The third-order valence-corrected chi connectivity index (χ3v) is 7.58. The van der Waals surface area contributed by atoms with E-state index in [2.05, 4.69) is 20.1 Å². The molecule has 3 aromatic rings. The van der Waals surface area contributed by atoms with Crippen LogP contribution in [-0.4, -0.2) is 64.4 Å². The van der Waals surface area contributed by atoms with Gasteiger partial charge in [-0.25, -0.2) is 14.8 Å². The van der Waals surface area contributed by atoms with Crippen molar-refractivity contribution in [3.63, 3.8) is 0 Å². The number of nitrogens with zero attached hydrogens (tertiary/aromatic N) is 5. The van der Waals surface area contributed by atoms with Crippen LogP contribution < -0.4 is 15.1 Å². The molecule has 212 valence electrons. The zero-order valence-corrected chi connectivity index (χ0v) is 24.5. The molecule has 2 aromatic carbocycles. The molecular formula is C29H34Cl2N6O3. The molecule has 1 saturated heterocycles. The zero-order valence-electron chi connectivity index (χ0n) is 23.0. The summed E-state index contributed by atoms with van der Waals surface area (Å²) in [4.78, 5) is 27.8. The van der Waals surface area contributed by atoms with Crippen LogP contribution in [0.1, 0.15) is 37.6 Å². The van der Waals surface area contributed by atoms with Crippen molar-refractivity contribution < 1.29 is 14.6 Å². The molecule has 0 unspecified atom stereocenters. The average Bonchev–Trinajstić information content (AvgIpc) is 2.92. The Morgan fingerprint density at radius 1 is 1.05 bits per heavy atom. The van der Waals surface area contributed by atoms with Gasteiger partial charge in [0.25, 0.3) is 0 Å². The van der Waals surface area contributed by atoms with Gasteiger partial charge < -0.3 is 29.9 Å². The van der Waals surface area contributed by atoms with E-state index in [1.807, 2.05) is 63.4 Å². The number of para-hydroxylation sites is 1. The van der Waals surface area contributed by atoms with Gasteiger partial charge in [-0.3, -0.25) is 0 Å². The molecule has 0 saturated carbocycles. The standard InChI is InChI=1S/C29H34Cl2N6O3/c1-29(2,3)40-28(39)36-13-11-35(12-14-36)25-8-7-21(15-19(25)18-38)33-27-32-16-20-17-37(10-9-24(20)34-27)26-22(30)5-4-6-23(26)31/h4-8,15-16,38H,9-14,17-18H2,1-3H3,(H,32,33,34). The normalized spacial score (nSPS) is 15.6. The summed E-state index contributed by atoms with van der Waals surface area (Å²) in [5.41, 5.74) is 4.86. The van der Waals surface area contributed by atoms with Crippen molar-refractivity contribution in [1.82, 2.24) is 14.9 Å². The second-order valence-corrected chi connectivity index (χ2v) is 11.8. The van der Waals surface area contributed by atoms with E-state index in [-0.39, 0.29) is 12.7 Å². The van der Waals surface area contributed by atoms with Crippen LogP contribution in [0.25, 0.3) is 0 Å². The predicted molar refractivity (Wildman–Crippen MR) is 159 cm³/mol. The monoisotopic (exact) mass is 584 g/mol. The van der Waals surface area contributed by atoms with Gasteiger partial charge in [-0.1, -0.05) is 29.3 Å². The van der Waals surface area contributed by atoms with Gasteiger partial charge in [0, 0.05) is 74.4 Å². The van der Waals surface area contributed by atoms with Gasteiger partial charge in [0.2, 0.25) is 5.95 Å². The van der Waals surface area contributed by atoms with Gasteiger partial charge in [0.05, 0.1) is 28.0 Å². The molecule has 11 heteroatoms. The summed E-state index contributed by atoms with van der Waals surface area (Å²) in [5.74, 6) is 0.505. The van der Waals surface area contributed by atoms with Crippen molar-refractivity contribution in [2.75, 3.05) is 47.8 Å². The number of benzene rings is 2. The fourth-order valence-corrected chi connectivity index (χ4v) is 5.68. The van der Waals surface area contributed by atoms with Crippen LogP contribution in [0.4, 0.5) is 27.8 Å². The number of halogens is 2. The highest BCUT2D eigenvalue weighted by Gasteiger charge is 2.27. The van der Waals surface area contributed by atoms with E-state index < -0.39 is 5.60 Å². The smallest absolute Gasteiger partial charge is 0.410 e. The van der Waals surface area contributed by atoms with Crippen molar-refractivity contribution >= 4 is 52.3 Å². The molecule has 1 aromatic heterocycles. The number of aliphatic hydroxyl groups is 1. The minimum absolute atomic E-state index is 0.109. The topological polar surface area (TPSA) is 94.1 Å². The quantitative estimate of drug-likeness (QED) is 0.398. The van der Waals surface area contributed by atoms with Crippen molar-refractivity contribution in [1.29, 1.82) is 0 Å². The van der Waals surface area contributed by atoms with E-state index in [4.69, 9.17) is 32.9 Å². The lowest BCUT2D eigenvalue weighted by atomic mass is 10.1. The molecule has 1 amide bonds. The highest BCUT2D eigenvalue weighted by molar-refractivity contribution is 6.39. The van der Waals surface area contributed by atoms with Crippen molar-refractivity contribution in [2.24, 2.45) is 0 Å². The molecular weight excluding hydrogens is 551 g/mol. The Hall–Kier alpha value is -3.27. The fourth-order valence-electron chi connectivity index (χ4n) is 5.04. The van der Waals surface area contributed by atoms with E-state index in [0.717, 1.165) is 46.8 Å². The van der Waals surface area contributed by atoms with Crippen LogP contribution in [0.5, 0.6) is 0 Å². The summed E-state index contributed by atoms with van der Waals surface area (Å²) in [6.07, 6.45) is 2.29. The largest absolute Gasteiger partial charge is 0.444 e. The Morgan fingerprint density at radius 3 is 2.45 bits per heavy atom. The highest BCUT2D eigenvalue weighted by atomic mass is 35.5. The van der Waals surface area contributed by atoms with Gasteiger partial charge in [-0.15, -0.1) is 0 Å². The number of carbonyl (C=O) groups is 1. The molecule has 2 N–H and O–H groups in total. The Morgan fingerprint density at radius 2 is 1.77 bits per heavy atom. The lowest BCUT2D eigenvalue weighted by molar-refractivity contribution is 0.0240. The number of rotatable bonds is 5. The number of nitrogens with one attached hydrogen (secondary N) is 1. The molecule has 9 nitrogen and oxygen atoms in total. The Bertz CT molecular complexity index is 1370. The molecule has 0 radical (unpaired) electrons. The van der Waals surface area contributed by atoms with Crippen LogP contribution in [0.2, 0.25) is 10.0 Å². The van der Waals surface area contributed by atoms with Gasteiger partial charge in [-0.2, -0.15) is 0 Å². The molecule has 3 heterocycles. The maximum Gasteiger partial charge on any atom is 0.410 e. The van der Waals surface area contributed by atoms with Gasteiger partial charge >= 0.3 is 6.09 Å². The third kappa shape index (κ3) is 6.37. The van der Waals surface area contributed by atoms with Crippen molar-refractivity contribution in [3.8, 4) is 0 Å². The second kappa shape index (κ2) is 11.7. The number of amides is 1. The van der Waals surface area contributed by atoms with E-state index in [1.54, 1.807) is 4.90 Å². The maximum absolute atomic E-state index is 12.4. The van der Waals surface area contributed by atoms with E-state index in [1.165, 1.54) is 0 Å². The summed E-state index contributed by atoms with van der Waals surface area (Å²) in [5, 5.41) is 14.7. The summed E-state index contributed by atoms with van der Waals surface area (Å²) >= 11 is 12.8. The first kappa shape index (κ1) is 28.3. The average molecular weight is 586 g/mol. The zero-order chi connectivity index (χ0) is 28.4. The first-order chi connectivity index (χ1) is 19.1. The third-order valence-electron chi connectivity index (χ3n) is 6.97. The minimum Gasteiger partial charge on any atom is -0.444 e. The Kier molecular flexibility index (Phi) is 8.26. The Balaban J connectivity index is 1.24. The fraction of sp³-hybridized carbons (Fsp3) is 0.414. The van der Waals surface area contributed by atoms with Gasteiger partial charge in [0.15, 0.2) is 0 Å². The van der Waals surface area contributed by atoms with Crippen LogP contribution in [0, 0.1) is 0 Å². The van der Waals surface area contributed by atoms with Crippen LogP contribution in [0.15, 0.2) is 42.6 Å². The SMILES string of the molecule is CC(C)(C)OC(=O)N1CCN(c2ccc(Nc3ncc4c(n3)CCN(c3c(Cl)cccc3Cl)C4)cc2CO)CC1. The molecule has 2 aliphatic rings. The first-order valence-electron chi connectivity index (χ1n) is 13.4. The van der Waals surface area contributed by atoms with Crippen LogP contribution >= 0.6 is 23.2 Å². The number of ether oxygens (including phenoxy) is 1. The van der Waals surface area contributed by atoms with E-state index in [0.29, 0.717) is 48.7 Å². The summed E-state index contributed by atoms with van der Waals surface area (Å²) in [7, 11) is 0. The lowest BCUT2D eigenvalue weighted by Gasteiger charge is -2.37. The Labute approximate surface area is 244 Å². The number of hydrogen-bond acceptors (Lipinski definition) is 8. The number of aliphatic hydroxyl groups excluding tert-OH is 1. The van der Waals surface area contributed by atoms with Crippen LogP contribution in [0.3, 0.4) is 0 Å². The van der Waals surface area contributed by atoms with E-state index >= 15 is 0 Å². The summed E-state index contributed by atoms with van der Waals surface area (Å²) in [6, 6.07) is 11.4. The molecule has 0 bridgehead atoms. The number of carbonyl (C=O) groups excluding carboxylic acids is 1. The van der Waals surface area contributed by atoms with Gasteiger partial charge in [-0.05, 0) is 51.1 Å². The minimum atomic E-state index is -0.520. The molecule has 2 aliphatic heterocycles. The number of anilines is 4. The van der Waals surface area contributed by atoms with Crippen molar-refractivity contribution in [3.05, 3.63) is 69.5 Å². The lowest BCUT2D eigenvalue weighted by Crippen LogP contribution is -2.50. The van der Waals surface area contributed by atoms with Crippen LogP contribution in [-0.2, 0) is 24.3 Å². The maximum atomic E-state index is 12.4. The predicted octanol–water partition coefficient (Wildman–Crippen LogP) is 5.64. The second-order valence-electron chi connectivity index (χ2n) is 11.0. The summed E-state index contributed by atoms with van der Waals surface area (Å²) in [6.45, 7) is 9.30. The molecule has 0 aliphatic carbocycles. The highest BCUT2D eigenvalue weighted by Crippen LogP contribution is 2.36. The van der Waals surface area contributed by atoms with Crippen molar-refractivity contribution in [2.45, 2.75) is 45.9 Å². The number of hydrogen-bond donors (Lipinski definition) is 2. The number of piperazine rings is 1. The molecule has 0 atom stereocenters. The van der Waals surface area contributed by atoms with Gasteiger partial charge in [0.1, 0.15) is 5.60 Å².